The van der Waals surface area contributed by atoms with Crippen LogP contribution in [0.15, 0.2) is 0 Å². The van der Waals surface area contributed by atoms with Gasteiger partial charge < -0.3 is 14.7 Å². The summed E-state index contributed by atoms with van der Waals surface area (Å²) in [5.74, 6) is 0.329. The van der Waals surface area contributed by atoms with Crippen molar-refractivity contribution in [1.82, 2.24) is 4.90 Å². The lowest BCUT2D eigenvalue weighted by molar-refractivity contribution is -0.157. The molecule has 1 saturated heterocycles. The molecule has 1 N–H and O–H groups in total. The standard InChI is InChI=1S/C15H27NO3/c1-15(2,19-3)14(18)16-10-5-4-8-12(16)11-7-6-9-13(11)17/h11-13,17H,4-10H2,1-3H3. The van der Waals surface area contributed by atoms with Crippen LogP contribution in [-0.4, -0.2) is 47.3 Å². The summed E-state index contributed by atoms with van der Waals surface area (Å²) in [6, 6.07) is 0.202. The minimum absolute atomic E-state index is 0.0683. The van der Waals surface area contributed by atoms with E-state index in [1.165, 1.54) is 0 Å². The summed E-state index contributed by atoms with van der Waals surface area (Å²) in [4.78, 5) is 14.6. The fraction of sp³-hybridized carbons (Fsp3) is 0.933. The van der Waals surface area contributed by atoms with Crippen LogP contribution in [0.3, 0.4) is 0 Å². The van der Waals surface area contributed by atoms with Gasteiger partial charge in [-0.05, 0) is 46.0 Å². The molecule has 2 aliphatic rings. The van der Waals surface area contributed by atoms with Crippen LogP contribution >= 0.6 is 0 Å². The van der Waals surface area contributed by atoms with Crippen molar-refractivity contribution < 1.29 is 14.6 Å². The number of piperidine rings is 1. The zero-order chi connectivity index (χ0) is 14.0. The van der Waals surface area contributed by atoms with Crippen LogP contribution in [0.1, 0.15) is 52.4 Å². The molecule has 2 fully saturated rings. The Morgan fingerprint density at radius 2 is 1.95 bits per heavy atom. The number of nitrogens with zero attached hydrogens (tertiary/aromatic N) is 1. The summed E-state index contributed by atoms with van der Waals surface area (Å²) in [6.07, 6.45) is 6.02. The lowest BCUT2D eigenvalue weighted by Crippen LogP contribution is -2.55. The summed E-state index contributed by atoms with van der Waals surface area (Å²) in [6.45, 7) is 4.46. The van der Waals surface area contributed by atoms with Crippen molar-refractivity contribution in [3.8, 4) is 0 Å². The van der Waals surface area contributed by atoms with E-state index in [2.05, 4.69) is 0 Å². The van der Waals surface area contributed by atoms with Crippen molar-refractivity contribution in [1.29, 1.82) is 0 Å². The van der Waals surface area contributed by atoms with Crippen molar-refractivity contribution in [2.24, 2.45) is 5.92 Å². The maximum atomic E-state index is 12.6. The molecule has 0 spiro atoms. The Hall–Kier alpha value is -0.610. The predicted molar refractivity (Wildman–Crippen MR) is 73.8 cm³/mol. The number of hydrogen-bond acceptors (Lipinski definition) is 3. The van der Waals surface area contributed by atoms with Gasteiger partial charge in [-0.15, -0.1) is 0 Å². The molecule has 1 aliphatic carbocycles. The van der Waals surface area contributed by atoms with E-state index >= 15 is 0 Å². The number of hydrogen-bond donors (Lipinski definition) is 1. The van der Waals surface area contributed by atoms with Crippen molar-refractivity contribution in [2.45, 2.75) is 70.1 Å². The Bertz CT molecular complexity index is 329. The highest BCUT2D eigenvalue weighted by Gasteiger charge is 2.42. The average Bonchev–Trinajstić information content (AvgIpc) is 2.84. The third-order valence-electron chi connectivity index (χ3n) is 4.86. The number of aliphatic hydroxyl groups is 1. The van der Waals surface area contributed by atoms with Gasteiger partial charge in [-0.3, -0.25) is 4.79 Å². The van der Waals surface area contributed by atoms with E-state index in [0.717, 1.165) is 45.1 Å². The lowest BCUT2D eigenvalue weighted by Gasteiger charge is -2.43. The monoisotopic (exact) mass is 269 g/mol. The van der Waals surface area contributed by atoms with E-state index in [1.807, 2.05) is 18.7 Å². The smallest absolute Gasteiger partial charge is 0.254 e. The molecule has 0 radical (unpaired) electrons. The highest BCUT2D eigenvalue weighted by Crippen LogP contribution is 2.36. The molecular weight excluding hydrogens is 242 g/mol. The molecule has 0 aromatic heterocycles. The summed E-state index contributed by atoms with van der Waals surface area (Å²) >= 11 is 0. The quantitative estimate of drug-likeness (QED) is 0.852. The third-order valence-corrected chi connectivity index (χ3v) is 4.86. The number of likely N-dealkylation sites (tertiary alicyclic amines) is 1. The fourth-order valence-electron chi connectivity index (χ4n) is 3.51. The average molecular weight is 269 g/mol. The molecule has 4 heteroatoms. The van der Waals surface area contributed by atoms with Gasteiger partial charge >= 0.3 is 0 Å². The summed E-state index contributed by atoms with van der Waals surface area (Å²) in [5, 5.41) is 10.1. The van der Waals surface area contributed by atoms with Gasteiger partial charge in [0.05, 0.1) is 6.10 Å². The van der Waals surface area contributed by atoms with Crippen LogP contribution in [0.4, 0.5) is 0 Å². The van der Waals surface area contributed by atoms with E-state index < -0.39 is 5.60 Å². The highest BCUT2D eigenvalue weighted by atomic mass is 16.5. The number of ether oxygens (including phenoxy) is 1. The second-order valence-electron chi connectivity index (χ2n) is 6.44. The Labute approximate surface area is 116 Å². The van der Waals surface area contributed by atoms with Gasteiger partial charge in [0, 0.05) is 25.6 Å². The van der Waals surface area contributed by atoms with E-state index in [1.54, 1.807) is 7.11 Å². The molecule has 0 aromatic rings. The van der Waals surface area contributed by atoms with Crippen molar-refractivity contribution in [2.75, 3.05) is 13.7 Å². The van der Waals surface area contributed by atoms with E-state index in [-0.39, 0.29) is 24.0 Å². The Balaban J connectivity index is 2.14. The molecule has 19 heavy (non-hydrogen) atoms. The molecule has 3 atom stereocenters. The van der Waals surface area contributed by atoms with E-state index in [9.17, 15) is 9.90 Å². The number of aliphatic hydroxyl groups excluding tert-OH is 1. The van der Waals surface area contributed by atoms with Crippen LogP contribution in [0.2, 0.25) is 0 Å². The Morgan fingerprint density at radius 1 is 1.21 bits per heavy atom. The molecule has 3 unspecified atom stereocenters. The topological polar surface area (TPSA) is 49.8 Å². The Morgan fingerprint density at radius 3 is 2.53 bits per heavy atom. The molecule has 110 valence electrons. The Kier molecular flexibility index (Phi) is 4.51. The fourth-order valence-corrected chi connectivity index (χ4v) is 3.51. The first-order chi connectivity index (χ1) is 8.97. The number of rotatable bonds is 3. The third kappa shape index (κ3) is 2.95. The maximum Gasteiger partial charge on any atom is 0.254 e. The first-order valence-corrected chi connectivity index (χ1v) is 7.51. The van der Waals surface area contributed by atoms with Crippen molar-refractivity contribution in [3.63, 3.8) is 0 Å². The minimum atomic E-state index is -0.765. The van der Waals surface area contributed by atoms with Gasteiger partial charge in [0.2, 0.25) is 0 Å². The molecule has 1 amide bonds. The number of methoxy groups -OCH3 is 1. The molecule has 1 aliphatic heterocycles. The van der Waals surface area contributed by atoms with Crippen LogP contribution in [0, 0.1) is 5.92 Å². The van der Waals surface area contributed by atoms with Crippen LogP contribution in [0.5, 0.6) is 0 Å². The molecule has 0 aromatic carbocycles. The van der Waals surface area contributed by atoms with Gasteiger partial charge in [-0.2, -0.15) is 0 Å². The number of carbonyl (C=O) groups excluding carboxylic acids is 1. The molecule has 0 bridgehead atoms. The van der Waals surface area contributed by atoms with Crippen LogP contribution in [-0.2, 0) is 9.53 Å². The van der Waals surface area contributed by atoms with Gasteiger partial charge in [-0.1, -0.05) is 6.42 Å². The molecular formula is C15H27NO3. The minimum Gasteiger partial charge on any atom is -0.393 e. The zero-order valence-corrected chi connectivity index (χ0v) is 12.4. The molecule has 1 heterocycles. The van der Waals surface area contributed by atoms with Gasteiger partial charge in [-0.25, -0.2) is 0 Å². The van der Waals surface area contributed by atoms with E-state index in [4.69, 9.17) is 4.74 Å². The van der Waals surface area contributed by atoms with Crippen LogP contribution < -0.4 is 0 Å². The SMILES string of the molecule is COC(C)(C)C(=O)N1CCCCC1C1CCCC1O. The first kappa shape index (κ1) is 14.8. The summed E-state index contributed by atoms with van der Waals surface area (Å²) in [7, 11) is 1.58. The normalized spacial score (nSPS) is 32.6. The van der Waals surface area contributed by atoms with E-state index in [0.29, 0.717) is 0 Å². The molecule has 1 saturated carbocycles. The maximum absolute atomic E-state index is 12.6. The first-order valence-electron chi connectivity index (χ1n) is 7.51. The van der Waals surface area contributed by atoms with Gasteiger partial charge in [0.25, 0.3) is 5.91 Å². The highest BCUT2D eigenvalue weighted by molar-refractivity contribution is 5.84. The van der Waals surface area contributed by atoms with Gasteiger partial charge in [0.15, 0.2) is 0 Å². The second-order valence-corrected chi connectivity index (χ2v) is 6.44. The summed E-state index contributed by atoms with van der Waals surface area (Å²) in [5.41, 5.74) is -0.765. The zero-order valence-electron chi connectivity index (χ0n) is 12.4. The lowest BCUT2D eigenvalue weighted by atomic mass is 9.86. The largest absolute Gasteiger partial charge is 0.393 e. The number of carbonyl (C=O) groups is 1. The van der Waals surface area contributed by atoms with Crippen molar-refractivity contribution >= 4 is 5.91 Å². The van der Waals surface area contributed by atoms with Crippen LogP contribution in [0.25, 0.3) is 0 Å². The molecule has 4 nitrogen and oxygen atoms in total. The second kappa shape index (κ2) is 5.80. The van der Waals surface area contributed by atoms with Crippen molar-refractivity contribution in [3.05, 3.63) is 0 Å². The summed E-state index contributed by atoms with van der Waals surface area (Å²) < 4.78 is 5.34. The molecule has 2 rings (SSSR count). The predicted octanol–water partition coefficient (Wildman–Crippen LogP) is 1.95. The van der Waals surface area contributed by atoms with Gasteiger partial charge in [0.1, 0.15) is 5.60 Å². The number of amides is 1.